The Balaban J connectivity index is 1.99. The van der Waals surface area contributed by atoms with Crippen molar-refractivity contribution in [2.45, 2.75) is 53.1 Å². The molecule has 0 saturated heterocycles. The van der Waals surface area contributed by atoms with Crippen molar-refractivity contribution < 1.29 is 4.79 Å². The summed E-state index contributed by atoms with van der Waals surface area (Å²) in [5, 5.41) is 3.97. The average Bonchev–Trinajstić information content (AvgIpc) is 2.83. The molecule has 0 unspecified atom stereocenters. The fourth-order valence-corrected chi connectivity index (χ4v) is 3.43. The van der Waals surface area contributed by atoms with Gasteiger partial charge in [-0.15, -0.1) is 11.3 Å². The number of hydrogen-bond acceptors (Lipinski definition) is 4. The number of hydrogen-bond donors (Lipinski definition) is 1. The third kappa shape index (κ3) is 4.28. The molecule has 2 aromatic rings. The number of pyridine rings is 1. The molecule has 0 aromatic carbocycles. The van der Waals surface area contributed by atoms with E-state index in [1.165, 1.54) is 10.9 Å². The van der Waals surface area contributed by atoms with E-state index in [0.29, 0.717) is 6.54 Å². The molecule has 0 aliphatic rings. The molecule has 2 rings (SSSR count). The maximum Gasteiger partial charge on any atom is 0.250 e. The lowest BCUT2D eigenvalue weighted by Crippen LogP contribution is -2.30. The van der Waals surface area contributed by atoms with Crippen LogP contribution in [0.3, 0.4) is 0 Å². The van der Waals surface area contributed by atoms with E-state index in [0.717, 1.165) is 22.8 Å². The second kappa shape index (κ2) is 7.55. The SMILES string of the molecule is CC[C@H](NC(=O)CCn1c(C)cccc1=O)c1nc(C)c(C)s1. The predicted octanol–water partition coefficient (Wildman–Crippen LogP) is 2.89. The van der Waals surface area contributed by atoms with Crippen molar-refractivity contribution in [3.05, 3.63) is 49.8 Å². The minimum absolute atomic E-state index is 0.0579. The van der Waals surface area contributed by atoms with E-state index in [1.54, 1.807) is 22.0 Å². The molecule has 0 spiro atoms. The number of rotatable bonds is 6. The zero-order chi connectivity index (χ0) is 17.0. The molecule has 0 aliphatic carbocycles. The highest BCUT2D eigenvalue weighted by atomic mass is 32.1. The summed E-state index contributed by atoms with van der Waals surface area (Å²) in [6, 6.07) is 5.05. The lowest BCUT2D eigenvalue weighted by atomic mass is 10.2. The second-order valence-corrected chi connectivity index (χ2v) is 6.86. The van der Waals surface area contributed by atoms with Crippen molar-refractivity contribution in [3.8, 4) is 0 Å². The summed E-state index contributed by atoms with van der Waals surface area (Å²) in [6.45, 7) is 8.31. The van der Waals surface area contributed by atoms with Gasteiger partial charge in [0.25, 0.3) is 5.56 Å². The number of amides is 1. The molecule has 0 aliphatic heterocycles. The van der Waals surface area contributed by atoms with Gasteiger partial charge in [0, 0.05) is 29.6 Å². The first-order valence-electron chi connectivity index (χ1n) is 7.82. The standard InChI is InChI=1S/C17H23N3O2S/c1-5-14(17-18-12(3)13(4)23-17)19-15(21)9-10-20-11(2)7-6-8-16(20)22/h6-8,14H,5,9-10H2,1-4H3,(H,19,21)/t14-/m0/s1. The monoisotopic (exact) mass is 333 g/mol. The van der Waals surface area contributed by atoms with Crippen LogP contribution in [0.2, 0.25) is 0 Å². The Hall–Kier alpha value is -1.95. The van der Waals surface area contributed by atoms with E-state index >= 15 is 0 Å². The maximum absolute atomic E-state index is 12.2. The molecule has 1 amide bonds. The van der Waals surface area contributed by atoms with Crippen LogP contribution >= 0.6 is 11.3 Å². The maximum atomic E-state index is 12.2. The van der Waals surface area contributed by atoms with Gasteiger partial charge in [-0.1, -0.05) is 13.0 Å². The third-order valence-corrected chi connectivity index (χ3v) is 5.10. The summed E-state index contributed by atoms with van der Waals surface area (Å²) in [6.07, 6.45) is 1.08. The van der Waals surface area contributed by atoms with Gasteiger partial charge in [0.15, 0.2) is 0 Å². The molecule has 23 heavy (non-hydrogen) atoms. The van der Waals surface area contributed by atoms with E-state index in [1.807, 2.05) is 33.8 Å². The van der Waals surface area contributed by atoms with Gasteiger partial charge in [0.05, 0.1) is 11.7 Å². The Bertz CT molecular complexity index is 729. The molecule has 124 valence electrons. The van der Waals surface area contributed by atoms with Crippen molar-refractivity contribution in [3.63, 3.8) is 0 Å². The number of carbonyl (C=O) groups excluding carboxylic acids is 1. The molecule has 2 aromatic heterocycles. The first-order chi connectivity index (χ1) is 10.9. The summed E-state index contributed by atoms with van der Waals surface area (Å²) in [5.41, 5.74) is 1.81. The van der Waals surface area contributed by atoms with Crippen LogP contribution in [0.4, 0.5) is 0 Å². The van der Waals surface area contributed by atoms with E-state index in [2.05, 4.69) is 10.3 Å². The van der Waals surface area contributed by atoms with Crippen LogP contribution in [0.25, 0.3) is 0 Å². The van der Waals surface area contributed by atoms with E-state index in [-0.39, 0.29) is 23.9 Å². The molecule has 2 heterocycles. The Morgan fingerprint density at radius 1 is 1.35 bits per heavy atom. The quantitative estimate of drug-likeness (QED) is 0.884. The Labute approximate surface area is 140 Å². The van der Waals surface area contributed by atoms with Crippen LogP contribution in [0, 0.1) is 20.8 Å². The van der Waals surface area contributed by atoms with Crippen LogP contribution in [0.15, 0.2) is 23.0 Å². The number of thiazole rings is 1. The van der Waals surface area contributed by atoms with Crippen molar-refractivity contribution in [1.82, 2.24) is 14.9 Å². The van der Waals surface area contributed by atoms with Crippen molar-refractivity contribution in [1.29, 1.82) is 0 Å². The molecule has 6 heteroatoms. The van der Waals surface area contributed by atoms with Crippen molar-refractivity contribution in [2.75, 3.05) is 0 Å². The Kier molecular flexibility index (Phi) is 5.71. The lowest BCUT2D eigenvalue weighted by molar-refractivity contribution is -0.122. The minimum atomic E-state index is -0.0731. The van der Waals surface area contributed by atoms with Crippen LogP contribution in [-0.2, 0) is 11.3 Å². The largest absolute Gasteiger partial charge is 0.347 e. The topological polar surface area (TPSA) is 64.0 Å². The summed E-state index contributed by atoms with van der Waals surface area (Å²) < 4.78 is 1.62. The summed E-state index contributed by atoms with van der Waals surface area (Å²) in [5.74, 6) is -0.0579. The number of nitrogens with one attached hydrogen (secondary N) is 1. The van der Waals surface area contributed by atoms with Crippen LogP contribution in [0.1, 0.15) is 47.1 Å². The van der Waals surface area contributed by atoms with Crippen molar-refractivity contribution >= 4 is 17.2 Å². The third-order valence-electron chi connectivity index (χ3n) is 3.92. The summed E-state index contributed by atoms with van der Waals surface area (Å²) in [7, 11) is 0. The molecule has 5 nitrogen and oxygen atoms in total. The van der Waals surface area contributed by atoms with Gasteiger partial charge >= 0.3 is 0 Å². The van der Waals surface area contributed by atoms with Gasteiger partial charge in [-0.3, -0.25) is 9.59 Å². The van der Waals surface area contributed by atoms with Gasteiger partial charge in [0.2, 0.25) is 5.91 Å². The van der Waals surface area contributed by atoms with E-state index in [9.17, 15) is 9.59 Å². The first kappa shape index (κ1) is 17.4. The van der Waals surface area contributed by atoms with Gasteiger partial charge in [-0.05, 0) is 33.3 Å². The van der Waals surface area contributed by atoms with Gasteiger partial charge in [-0.2, -0.15) is 0 Å². The molecule has 1 atom stereocenters. The number of carbonyl (C=O) groups is 1. The highest BCUT2D eigenvalue weighted by Crippen LogP contribution is 2.24. The van der Waals surface area contributed by atoms with Crippen LogP contribution < -0.4 is 10.9 Å². The zero-order valence-corrected chi connectivity index (χ0v) is 14.9. The van der Waals surface area contributed by atoms with E-state index in [4.69, 9.17) is 0 Å². The van der Waals surface area contributed by atoms with Gasteiger partial charge < -0.3 is 9.88 Å². The number of aromatic nitrogens is 2. The normalized spacial score (nSPS) is 12.2. The highest BCUT2D eigenvalue weighted by Gasteiger charge is 2.17. The molecule has 0 saturated carbocycles. The highest BCUT2D eigenvalue weighted by molar-refractivity contribution is 7.11. The number of nitrogens with zero attached hydrogens (tertiary/aromatic N) is 2. The average molecular weight is 333 g/mol. The fraction of sp³-hybridized carbons (Fsp3) is 0.471. The molecular formula is C17H23N3O2S. The molecule has 0 bridgehead atoms. The van der Waals surface area contributed by atoms with Crippen molar-refractivity contribution in [2.24, 2.45) is 0 Å². The van der Waals surface area contributed by atoms with E-state index < -0.39 is 0 Å². The van der Waals surface area contributed by atoms with Gasteiger partial charge in [-0.25, -0.2) is 4.98 Å². The van der Waals surface area contributed by atoms with Gasteiger partial charge in [0.1, 0.15) is 5.01 Å². The fourth-order valence-electron chi connectivity index (χ4n) is 2.37. The zero-order valence-electron chi connectivity index (χ0n) is 14.0. The molecule has 1 N–H and O–H groups in total. The number of aryl methyl sites for hydroxylation is 3. The summed E-state index contributed by atoms with van der Waals surface area (Å²) in [4.78, 5) is 29.7. The predicted molar refractivity (Wildman–Crippen MR) is 92.8 cm³/mol. The van der Waals surface area contributed by atoms with Crippen LogP contribution in [0.5, 0.6) is 0 Å². The molecule has 0 radical (unpaired) electrons. The Morgan fingerprint density at radius 2 is 2.09 bits per heavy atom. The molecular weight excluding hydrogens is 310 g/mol. The van der Waals surface area contributed by atoms with Crippen LogP contribution in [-0.4, -0.2) is 15.5 Å². The molecule has 0 fully saturated rings. The minimum Gasteiger partial charge on any atom is -0.347 e. The second-order valence-electron chi connectivity index (χ2n) is 5.63. The lowest BCUT2D eigenvalue weighted by Gasteiger charge is -2.15. The smallest absolute Gasteiger partial charge is 0.250 e. The first-order valence-corrected chi connectivity index (χ1v) is 8.63. The summed E-state index contributed by atoms with van der Waals surface area (Å²) >= 11 is 1.63. The Morgan fingerprint density at radius 3 is 2.65 bits per heavy atom.